The van der Waals surface area contributed by atoms with E-state index >= 15 is 0 Å². The van der Waals surface area contributed by atoms with Crippen molar-refractivity contribution in [3.8, 4) is 6.07 Å². The number of hydrogen-bond acceptors (Lipinski definition) is 5. The van der Waals surface area contributed by atoms with Gasteiger partial charge >= 0.3 is 0 Å². The van der Waals surface area contributed by atoms with Gasteiger partial charge in [-0.15, -0.1) is 0 Å². The molecule has 0 unspecified atom stereocenters. The Balaban J connectivity index is 1.74. The van der Waals surface area contributed by atoms with E-state index in [0.717, 1.165) is 19.6 Å². The molecule has 0 radical (unpaired) electrons. The van der Waals surface area contributed by atoms with Crippen LogP contribution >= 0.6 is 0 Å². The Morgan fingerprint density at radius 1 is 1.04 bits per heavy atom. The number of benzene rings is 2. The molecule has 1 aliphatic heterocycles. The number of anilines is 1. The molecule has 3 N–H and O–H groups in total. The predicted molar refractivity (Wildman–Crippen MR) is 110 cm³/mol. The Kier molecular flexibility index (Phi) is 6.68. The minimum atomic E-state index is -3.83. The van der Waals surface area contributed by atoms with Gasteiger partial charge in [-0.25, -0.2) is 13.6 Å². The molecule has 0 spiro atoms. The zero-order chi connectivity index (χ0) is 20.0. The van der Waals surface area contributed by atoms with Crippen molar-refractivity contribution in [3.05, 3.63) is 59.2 Å². The van der Waals surface area contributed by atoms with E-state index in [4.69, 9.17) is 5.14 Å². The molecule has 148 valence electrons. The van der Waals surface area contributed by atoms with E-state index in [1.807, 2.05) is 12.1 Å². The molecule has 7 heteroatoms. The van der Waals surface area contributed by atoms with Gasteiger partial charge < -0.3 is 5.32 Å². The summed E-state index contributed by atoms with van der Waals surface area (Å²) in [7, 11) is -3.83. The molecule has 0 amide bonds. The highest BCUT2D eigenvalue weighted by atomic mass is 32.2. The maximum absolute atomic E-state index is 11.5. The van der Waals surface area contributed by atoms with Gasteiger partial charge in [0.05, 0.1) is 16.1 Å². The molecule has 0 aliphatic carbocycles. The fraction of sp³-hybridized carbons (Fsp3) is 0.381. The van der Waals surface area contributed by atoms with Crippen LogP contribution in [0, 0.1) is 11.3 Å². The molecule has 0 atom stereocenters. The van der Waals surface area contributed by atoms with Gasteiger partial charge in [0.1, 0.15) is 6.07 Å². The van der Waals surface area contributed by atoms with Gasteiger partial charge in [0, 0.05) is 13.1 Å². The number of nitrogens with one attached hydrogen (secondary N) is 1. The maximum Gasteiger partial charge on any atom is 0.238 e. The Morgan fingerprint density at radius 2 is 1.71 bits per heavy atom. The van der Waals surface area contributed by atoms with Crippen molar-refractivity contribution in [2.45, 2.75) is 43.7 Å². The number of sulfonamides is 1. The number of rotatable bonds is 6. The minimum absolute atomic E-state index is 0.0591. The average Bonchev–Trinajstić information content (AvgIpc) is 2.95. The number of nitrogens with two attached hydrogens (primary N) is 1. The van der Waals surface area contributed by atoms with Crippen LogP contribution in [-0.4, -0.2) is 26.4 Å². The van der Waals surface area contributed by atoms with Gasteiger partial charge in [-0.3, -0.25) is 4.90 Å². The van der Waals surface area contributed by atoms with Crippen LogP contribution in [0.2, 0.25) is 0 Å². The molecule has 2 aromatic carbocycles. The summed E-state index contributed by atoms with van der Waals surface area (Å²) in [4.78, 5) is 2.45. The normalized spacial score (nSPS) is 15.6. The number of primary sulfonamides is 1. The van der Waals surface area contributed by atoms with Gasteiger partial charge in [-0.2, -0.15) is 5.26 Å². The fourth-order valence-corrected chi connectivity index (χ4v) is 4.10. The van der Waals surface area contributed by atoms with Crippen molar-refractivity contribution in [2.24, 2.45) is 5.14 Å². The summed E-state index contributed by atoms with van der Waals surface area (Å²) >= 11 is 0. The molecule has 1 heterocycles. The number of hydrogen-bond donors (Lipinski definition) is 2. The first-order valence-corrected chi connectivity index (χ1v) is 11.1. The molecule has 1 fully saturated rings. The lowest BCUT2D eigenvalue weighted by Crippen LogP contribution is -2.24. The summed E-state index contributed by atoms with van der Waals surface area (Å²) in [5, 5.41) is 17.8. The fourth-order valence-electron chi connectivity index (χ4n) is 3.56. The molecule has 1 aliphatic rings. The average molecular weight is 399 g/mol. The largest absolute Gasteiger partial charge is 0.380 e. The van der Waals surface area contributed by atoms with E-state index in [1.54, 1.807) is 6.07 Å². The van der Waals surface area contributed by atoms with Crippen LogP contribution in [0.4, 0.5) is 5.69 Å². The molecule has 6 nitrogen and oxygen atoms in total. The van der Waals surface area contributed by atoms with Crippen molar-refractivity contribution in [3.63, 3.8) is 0 Å². The molecule has 0 bridgehead atoms. The highest BCUT2D eigenvalue weighted by molar-refractivity contribution is 7.89. The number of nitrogens with zero attached hydrogens (tertiary/aromatic N) is 2. The number of nitriles is 1. The van der Waals surface area contributed by atoms with E-state index in [0.29, 0.717) is 12.2 Å². The lowest BCUT2D eigenvalue weighted by atomic mass is 10.1. The monoisotopic (exact) mass is 398 g/mol. The Labute approximate surface area is 167 Å². The standard InChI is InChI=1S/C21H26N4O2S/c22-14-19-13-20(28(23,26)27)9-10-21(19)24-15-17-7-3-4-8-18(17)16-25-11-5-1-2-6-12-25/h3-4,7-10,13,24H,1-2,5-6,11-12,15-16H2,(H2,23,26,27). The summed E-state index contributed by atoms with van der Waals surface area (Å²) in [6.45, 7) is 3.76. The smallest absolute Gasteiger partial charge is 0.238 e. The minimum Gasteiger partial charge on any atom is -0.380 e. The Morgan fingerprint density at radius 3 is 2.36 bits per heavy atom. The zero-order valence-corrected chi connectivity index (χ0v) is 16.7. The number of likely N-dealkylation sites (tertiary alicyclic amines) is 1. The second kappa shape index (κ2) is 9.20. The summed E-state index contributed by atoms with van der Waals surface area (Å²) in [5.74, 6) is 0. The lowest BCUT2D eigenvalue weighted by molar-refractivity contribution is 0.276. The second-order valence-electron chi connectivity index (χ2n) is 7.18. The molecule has 1 saturated heterocycles. The SMILES string of the molecule is N#Cc1cc(S(N)(=O)=O)ccc1NCc1ccccc1CN1CCCCCC1. The van der Waals surface area contributed by atoms with E-state index in [9.17, 15) is 13.7 Å². The van der Waals surface area contributed by atoms with Gasteiger partial charge in [0.2, 0.25) is 10.0 Å². The first-order valence-electron chi connectivity index (χ1n) is 9.57. The van der Waals surface area contributed by atoms with E-state index in [-0.39, 0.29) is 10.5 Å². The van der Waals surface area contributed by atoms with Crippen LogP contribution in [0.1, 0.15) is 42.4 Å². The van der Waals surface area contributed by atoms with Gasteiger partial charge in [0.25, 0.3) is 0 Å². The molecular weight excluding hydrogens is 372 g/mol. The third-order valence-corrected chi connectivity index (χ3v) is 6.03. The second-order valence-corrected chi connectivity index (χ2v) is 8.74. The van der Waals surface area contributed by atoms with Crippen LogP contribution < -0.4 is 10.5 Å². The van der Waals surface area contributed by atoms with Crippen LogP contribution in [0.25, 0.3) is 0 Å². The lowest BCUT2D eigenvalue weighted by Gasteiger charge is -2.22. The molecule has 2 aromatic rings. The van der Waals surface area contributed by atoms with E-state index in [2.05, 4.69) is 28.4 Å². The van der Waals surface area contributed by atoms with Crippen molar-refractivity contribution in [1.82, 2.24) is 4.90 Å². The summed E-state index contributed by atoms with van der Waals surface area (Å²) in [6.07, 6.45) is 5.13. The third kappa shape index (κ3) is 5.32. The highest BCUT2D eigenvalue weighted by Crippen LogP contribution is 2.21. The van der Waals surface area contributed by atoms with E-state index < -0.39 is 10.0 Å². The molecule has 0 aromatic heterocycles. The van der Waals surface area contributed by atoms with Crippen LogP contribution in [0.5, 0.6) is 0 Å². The van der Waals surface area contributed by atoms with Gasteiger partial charge in [-0.05, 0) is 55.3 Å². The Hall–Kier alpha value is -2.40. The molecule has 0 saturated carbocycles. The quantitative estimate of drug-likeness (QED) is 0.778. The first-order chi connectivity index (χ1) is 13.5. The molecule has 28 heavy (non-hydrogen) atoms. The van der Waals surface area contributed by atoms with Crippen molar-refractivity contribution in [1.29, 1.82) is 5.26 Å². The zero-order valence-electron chi connectivity index (χ0n) is 15.9. The van der Waals surface area contributed by atoms with Crippen LogP contribution in [-0.2, 0) is 23.1 Å². The summed E-state index contributed by atoms with van der Waals surface area (Å²) < 4.78 is 23.0. The van der Waals surface area contributed by atoms with Crippen LogP contribution in [0.3, 0.4) is 0 Å². The van der Waals surface area contributed by atoms with E-state index in [1.165, 1.54) is 48.9 Å². The van der Waals surface area contributed by atoms with Crippen molar-refractivity contribution < 1.29 is 8.42 Å². The van der Waals surface area contributed by atoms with Crippen molar-refractivity contribution in [2.75, 3.05) is 18.4 Å². The highest BCUT2D eigenvalue weighted by Gasteiger charge is 2.13. The first kappa shape index (κ1) is 20.3. The maximum atomic E-state index is 11.5. The third-order valence-electron chi connectivity index (χ3n) is 5.12. The predicted octanol–water partition coefficient (Wildman–Crippen LogP) is 3.19. The topological polar surface area (TPSA) is 99.2 Å². The van der Waals surface area contributed by atoms with Gasteiger partial charge in [-0.1, -0.05) is 37.1 Å². The molecular formula is C21H26N4O2S. The summed E-state index contributed by atoms with van der Waals surface area (Å²) in [5.41, 5.74) is 3.30. The van der Waals surface area contributed by atoms with Gasteiger partial charge in [0.15, 0.2) is 0 Å². The molecule has 3 rings (SSSR count). The summed E-state index contributed by atoms with van der Waals surface area (Å²) in [6, 6.07) is 14.7. The van der Waals surface area contributed by atoms with Crippen molar-refractivity contribution >= 4 is 15.7 Å². The Bertz CT molecular complexity index is 959. The van der Waals surface area contributed by atoms with Crippen LogP contribution in [0.15, 0.2) is 47.4 Å².